The van der Waals surface area contributed by atoms with Gasteiger partial charge < -0.3 is 15.8 Å². The number of hydrogen-bond donors (Lipinski definition) is 2. The van der Waals surface area contributed by atoms with Gasteiger partial charge in [-0.05, 0) is 31.2 Å². The number of hydrogen-bond acceptors (Lipinski definition) is 5. The third-order valence-electron chi connectivity index (χ3n) is 2.64. The second-order valence-electron chi connectivity index (χ2n) is 4.05. The molecule has 6 heteroatoms. The monoisotopic (exact) mass is 272 g/mol. The van der Waals surface area contributed by atoms with E-state index in [1.165, 1.54) is 0 Å². The van der Waals surface area contributed by atoms with Gasteiger partial charge in [-0.15, -0.1) is 0 Å². The van der Waals surface area contributed by atoms with Crippen molar-refractivity contribution in [1.82, 2.24) is 15.5 Å². The average Bonchev–Trinajstić information content (AvgIpc) is 2.48. The summed E-state index contributed by atoms with van der Waals surface area (Å²) in [6, 6.07) is 8.64. The second kappa shape index (κ2) is 6.51. The van der Waals surface area contributed by atoms with Crippen molar-refractivity contribution in [1.29, 1.82) is 0 Å². The van der Waals surface area contributed by atoms with Crippen LogP contribution < -0.4 is 15.8 Å². The zero-order chi connectivity index (χ0) is 14.4. The van der Waals surface area contributed by atoms with Crippen LogP contribution in [-0.4, -0.2) is 22.7 Å². The molecule has 0 aliphatic heterocycles. The molecule has 0 saturated heterocycles. The molecule has 1 amide bonds. The standard InChI is InChI=1S/C14H16N4O2/c1-2-20-13-11(6-3-7-12(13)15)14(19)16-9-10-5-4-8-17-18-10/h3-8H,2,9,15H2,1H3,(H,16,19). The van der Waals surface area contributed by atoms with E-state index in [1.54, 1.807) is 36.5 Å². The van der Waals surface area contributed by atoms with E-state index >= 15 is 0 Å². The molecule has 0 spiro atoms. The number of nitrogens with two attached hydrogens (primary N) is 1. The van der Waals surface area contributed by atoms with Crippen molar-refractivity contribution >= 4 is 11.6 Å². The predicted molar refractivity (Wildman–Crippen MR) is 75.2 cm³/mol. The summed E-state index contributed by atoms with van der Waals surface area (Å²) in [6.45, 7) is 2.58. The summed E-state index contributed by atoms with van der Waals surface area (Å²) >= 11 is 0. The number of anilines is 1. The first-order valence-corrected chi connectivity index (χ1v) is 6.28. The zero-order valence-corrected chi connectivity index (χ0v) is 11.2. The Hall–Kier alpha value is -2.63. The number of para-hydroxylation sites is 1. The van der Waals surface area contributed by atoms with Crippen molar-refractivity contribution < 1.29 is 9.53 Å². The molecule has 1 heterocycles. The van der Waals surface area contributed by atoms with E-state index < -0.39 is 0 Å². The van der Waals surface area contributed by atoms with E-state index in [1.807, 2.05) is 6.92 Å². The number of amides is 1. The average molecular weight is 272 g/mol. The molecule has 2 aromatic rings. The molecule has 1 aromatic heterocycles. The molecule has 20 heavy (non-hydrogen) atoms. The Morgan fingerprint density at radius 2 is 2.20 bits per heavy atom. The molecular weight excluding hydrogens is 256 g/mol. The molecule has 0 fully saturated rings. The van der Waals surface area contributed by atoms with Crippen LogP contribution in [0, 0.1) is 0 Å². The Morgan fingerprint density at radius 3 is 2.90 bits per heavy atom. The summed E-state index contributed by atoms with van der Waals surface area (Å²) in [7, 11) is 0. The van der Waals surface area contributed by atoms with E-state index in [2.05, 4.69) is 15.5 Å². The molecule has 0 aliphatic carbocycles. The highest BCUT2D eigenvalue weighted by atomic mass is 16.5. The van der Waals surface area contributed by atoms with Crippen LogP contribution in [0.1, 0.15) is 23.0 Å². The lowest BCUT2D eigenvalue weighted by atomic mass is 10.1. The van der Waals surface area contributed by atoms with Crippen LogP contribution in [0.15, 0.2) is 36.5 Å². The van der Waals surface area contributed by atoms with Gasteiger partial charge in [0.1, 0.15) is 0 Å². The zero-order valence-electron chi connectivity index (χ0n) is 11.2. The van der Waals surface area contributed by atoms with Crippen LogP contribution in [0.2, 0.25) is 0 Å². The van der Waals surface area contributed by atoms with E-state index in [0.717, 1.165) is 0 Å². The third-order valence-corrected chi connectivity index (χ3v) is 2.64. The van der Waals surface area contributed by atoms with Gasteiger partial charge in [0.05, 0.1) is 30.1 Å². The number of nitrogens with zero attached hydrogens (tertiary/aromatic N) is 2. The van der Waals surface area contributed by atoms with Crippen molar-refractivity contribution in [3.05, 3.63) is 47.8 Å². The first kappa shape index (κ1) is 13.8. The molecule has 0 unspecified atom stereocenters. The topological polar surface area (TPSA) is 90.1 Å². The fraction of sp³-hybridized carbons (Fsp3) is 0.214. The predicted octanol–water partition coefficient (Wildman–Crippen LogP) is 1.39. The first-order valence-electron chi connectivity index (χ1n) is 6.28. The molecule has 6 nitrogen and oxygen atoms in total. The molecule has 0 bridgehead atoms. The van der Waals surface area contributed by atoms with Crippen LogP contribution in [0.4, 0.5) is 5.69 Å². The van der Waals surface area contributed by atoms with Gasteiger partial charge >= 0.3 is 0 Å². The lowest BCUT2D eigenvalue weighted by Gasteiger charge is -2.12. The van der Waals surface area contributed by atoms with Gasteiger partial charge in [0.15, 0.2) is 5.75 Å². The number of ether oxygens (including phenoxy) is 1. The van der Waals surface area contributed by atoms with E-state index in [-0.39, 0.29) is 5.91 Å². The Balaban J connectivity index is 2.11. The summed E-state index contributed by atoms with van der Waals surface area (Å²) in [4.78, 5) is 12.2. The number of rotatable bonds is 5. The quantitative estimate of drug-likeness (QED) is 0.803. The summed E-state index contributed by atoms with van der Waals surface area (Å²) in [5, 5.41) is 10.4. The molecule has 0 radical (unpaired) electrons. The van der Waals surface area contributed by atoms with Gasteiger partial charge in [0.2, 0.25) is 0 Å². The van der Waals surface area contributed by atoms with Crippen molar-refractivity contribution in [2.75, 3.05) is 12.3 Å². The highest BCUT2D eigenvalue weighted by Gasteiger charge is 2.14. The Labute approximate surface area is 117 Å². The van der Waals surface area contributed by atoms with Gasteiger partial charge in [-0.3, -0.25) is 4.79 Å². The van der Waals surface area contributed by atoms with Gasteiger partial charge in [-0.2, -0.15) is 10.2 Å². The van der Waals surface area contributed by atoms with Gasteiger partial charge in [-0.25, -0.2) is 0 Å². The molecule has 1 aromatic carbocycles. The van der Waals surface area contributed by atoms with Crippen molar-refractivity contribution in [2.45, 2.75) is 13.5 Å². The highest BCUT2D eigenvalue weighted by molar-refractivity contribution is 5.98. The summed E-state index contributed by atoms with van der Waals surface area (Å²) in [5.74, 6) is 0.151. The van der Waals surface area contributed by atoms with E-state index in [0.29, 0.717) is 35.8 Å². The summed E-state index contributed by atoms with van der Waals surface area (Å²) < 4.78 is 5.43. The molecule has 2 rings (SSSR count). The van der Waals surface area contributed by atoms with Crippen LogP contribution in [0.5, 0.6) is 5.75 Å². The minimum atomic E-state index is -0.258. The molecule has 0 aliphatic rings. The maximum atomic E-state index is 12.2. The first-order chi connectivity index (χ1) is 9.72. The number of benzene rings is 1. The summed E-state index contributed by atoms with van der Waals surface area (Å²) in [6.07, 6.45) is 1.58. The normalized spacial score (nSPS) is 10.1. The SMILES string of the molecule is CCOc1c(N)cccc1C(=O)NCc1cccnn1. The number of carbonyl (C=O) groups is 1. The maximum Gasteiger partial charge on any atom is 0.255 e. The van der Waals surface area contributed by atoms with Crippen molar-refractivity contribution in [2.24, 2.45) is 0 Å². The van der Waals surface area contributed by atoms with E-state index in [9.17, 15) is 4.79 Å². The van der Waals surface area contributed by atoms with Gasteiger partial charge in [0, 0.05) is 6.20 Å². The number of nitrogen functional groups attached to an aromatic ring is 1. The Morgan fingerprint density at radius 1 is 1.35 bits per heavy atom. The largest absolute Gasteiger partial charge is 0.491 e. The lowest BCUT2D eigenvalue weighted by molar-refractivity contribution is 0.0946. The Kier molecular flexibility index (Phi) is 4.49. The van der Waals surface area contributed by atoms with E-state index in [4.69, 9.17) is 10.5 Å². The van der Waals surface area contributed by atoms with Crippen LogP contribution in [-0.2, 0) is 6.54 Å². The molecule has 3 N–H and O–H groups in total. The van der Waals surface area contributed by atoms with Crippen molar-refractivity contribution in [3.63, 3.8) is 0 Å². The van der Waals surface area contributed by atoms with Gasteiger partial charge in [-0.1, -0.05) is 6.07 Å². The minimum absolute atomic E-state index is 0.258. The highest BCUT2D eigenvalue weighted by Crippen LogP contribution is 2.26. The summed E-state index contributed by atoms with van der Waals surface area (Å²) in [5.41, 5.74) is 7.36. The fourth-order valence-electron chi connectivity index (χ4n) is 1.73. The molecule has 104 valence electrons. The Bertz CT molecular complexity index is 587. The van der Waals surface area contributed by atoms with Crippen LogP contribution >= 0.6 is 0 Å². The number of aromatic nitrogens is 2. The fourth-order valence-corrected chi connectivity index (χ4v) is 1.73. The molecular formula is C14H16N4O2. The van der Waals surface area contributed by atoms with Crippen LogP contribution in [0.25, 0.3) is 0 Å². The number of carbonyl (C=O) groups excluding carboxylic acids is 1. The smallest absolute Gasteiger partial charge is 0.255 e. The second-order valence-corrected chi connectivity index (χ2v) is 4.05. The lowest BCUT2D eigenvalue weighted by Crippen LogP contribution is -2.24. The van der Waals surface area contributed by atoms with Gasteiger partial charge in [0.25, 0.3) is 5.91 Å². The third kappa shape index (κ3) is 3.23. The molecule has 0 saturated carbocycles. The van der Waals surface area contributed by atoms with Crippen molar-refractivity contribution in [3.8, 4) is 5.75 Å². The maximum absolute atomic E-state index is 12.2. The van der Waals surface area contributed by atoms with Crippen LogP contribution in [0.3, 0.4) is 0 Å². The minimum Gasteiger partial charge on any atom is -0.491 e. The number of nitrogens with one attached hydrogen (secondary N) is 1. The molecule has 0 atom stereocenters.